The average molecular weight is 768 g/mol. The van der Waals surface area contributed by atoms with Gasteiger partial charge in [0.15, 0.2) is 17.1 Å². The van der Waals surface area contributed by atoms with E-state index in [1.165, 1.54) is 30.4 Å². The van der Waals surface area contributed by atoms with Crippen molar-refractivity contribution < 1.29 is 44.7 Å². The number of hydrogen-bond acceptors (Lipinski definition) is 6. The third kappa shape index (κ3) is 6.31. The number of alkyl halides is 5. The number of ketones is 1. The fourth-order valence-electron chi connectivity index (χ4n) is 7.19. The van der Waals surface area contributed by atoms with Crippen molar-refractivity contribution in [3.05, 3.63) is 124 Å². The number of amides is 1. The molecule has 0 spiro atoms. The number of fused-ring (bicyclic) bond motifs is 4. The molecule has 1 fully saturated rings. The minimum Gasteiger partial charge on any atom is -0.346 e. The van der Waals surface area contributed by atoms with Gasteiger partial charge in [0.25, 0.3) is 5.92 Å². The molecule has 7 nitrogen and oxygen atoms in total. The topological polar surface area (TPSA) is 89.8 Å². The van der Waals surface area contributed by atoms with Gasteiger partial charge in [-0.25, -0.2) is 23.1 Å². The Labute approximate surface area is 304 Å². The first-order valence-electron chi connectivity index (χ1n) is 16.6. The molecule has 8 rings (SSSR count). The number of thiazole rings is 1. The van der Waals surface area contributed by atoms with E-state index in [2.05, 4.69) is 15.4 Å². The molecule has 0 radical (unpaired) electrons. The largest absolute Gasteiger partial charge is 0.435 e. The molecule has 2 aliphatic rings. The zero-order valence-electron chi connectivity index (χ0n) is 27.8. The zero-order chi connectivity index (χ0) is 38.3. The van der Waals surface area contributed by atoms with Crippen molar-refractivity contribution in [2.75, 3.05) is 0 Å². The lowest BCUT2D eigenvalue weighted by Gasteiger charge is -2.23. The molecule has 1 unspecified atom stereocenters. The van der Waals surface area contributed by atoms with E-state index in [0.29, 0.717) is 20.5 Å². The number of carbonyl (C=O) groups excluding carboxylic acids is 2. The van der Waals surface area contributed by atoms with Crippen LogP contribution in [0.3, 0.4) is 0 Å². The van der Waals surface area contributed by atoms with Gasteiger partial charge in [-0.15, -0.1) is 11.3 Å². The van der Waals surface area contributed by atoms with E-state index in [0.717, 1.165) is 23.8 Å². The van der Waals surface area contributed by atoms with Crippen molar-refractivity contribution in [1.82, 2.24) is 25.1 Å². The van der Waals surface area contributed by atoms with E-state index in [9.17, 15) is 35.9 Å². The van der Waals surface area contributed by atoms with Gasteiger partial charge in [0.05, 0.1) is 22.0 Å². The number of hydrogen-bond donors (Lipinski definition) is 1. The second-order valence-corrected chi connectivity index (χ2v) is 14.3. The molecular weight excluding hydrogens is 743 g/mol. The molecule has 0 aliphatic heterocycles. The van der Waals surface area contributed by atoms with Crippen molar-refractivity contribution in [3.63, 3.8) is 0 Å². The lowest BCUT2D eigenvalue weighted by Crippen LogP contribution is -2.35. The summed E-state index contributed by atoms with van der Waals surface area (Å²) in [6, 6.07) is 15.8. The number of Topliss-reactive ketones (excluding diaryl/α,β-unsaturated/α-hetero) is 1. The van der Waals surface area contributed by atoms with E-state index in [4.69, 9.17) is 4.98 Å². The van der Waals surface area contributed by atoms with Crippen LogP contribution in [0.1, 0.15) is 63.9 Å². The fraction of sp³-hybridized carbons (Fsp3) is 0.237. The number of rotatable bonds is 9. The number of nitrogens with zero attached hydrogens (tertiary/aromatic N) is 4. The molecule has 3 atom stereocenters. The molecule has 54 heavy (non-hydrogen) atoms. The summed E-state index contributed by atoms with van der Waals surface area (Å²) < 4.78 is 117. The van der Waals surface area contributed by atoms with Crippen molar-refractivity contribution in [2.24, 2.45) is 5.92 Å². The summed E-state index contributed by atoms with van der Waals surface area (Å²) in [5.41, 5.74) is -1.82. The number of carbonyl (C=O) groups is 2. The van der Waals surface area contributed by atoms with Crippen LogP contribution in [0.2, 0.25) is 0 Å². The summed E-state index contributed by atoms with van der Waals surface area (Å²) in [6.45, 7) is 0.115. The predicted octanol–water partition coefficient (Wildman–Crippen LogP) is 9.17. The predicted molar refractivity (Wildman–Crippen MR) is 181 cm³/mol. The van der Waals surface area contributed by atoms with Crippen LogP contribution in [-0.4, -0.2) is 31.4 Å². The monoisotopic (exact) mass is 767 g/mol. The molecule has 276 valence electrons. The number of pyridine rings is 1. The third-order valence-corrected chi connectivity index (χ3v) is 10.7. The summed E-state index contributed by atoms with van der Waals surface area (Å²) in [6.07, 6.45) is -5.55. The Morgan fingerprint density at radius 2 is 1.69 bits per heavy atom. The van der Waals surface area contributed by atoms with Crippen LogP contribution in [0, 0.1) is 23.4 Å². The Hall–Kier alpha value is -5.51. The Morgan fingerprint density at radius 1 is 0.963 bits per heavy atom. The highest BCUT2D eigenvalue weighted by Crippen LogP contribution is 2.68. The van der Waals surface area contributed by atoms with Crippen LogP contribution < -0.4 is 5.32 Å². The Kier molecular flexibility index (Phi) is 8.43. The van der Waals surface area contributed by atoms with Crippen LogP contribution >= 0.6 is 11.3 Å². The fourth-order valence-corrected chi connectivity index (χ4v) is 8.14. The lowest BCUT2D eigenvalue weighted by molar-refractivity contribution is -0.142. The lowest BCUT2D eigenvalue weighted by atomic mass is 9.94. The van der Waals surface area contributed by atoms with Gasteiger partial charge in [-0.2, -0.15) is 27.1 Å². The van der Waals surface area contributed by atoms with Gasteiger partial charge in [-0.05, 0) is 67.1 Å². The van der Waals surface area contributed by atoms with E-state index >= 15 is 8.78 Å². The smallest absolute Gasteiger partial charge is 0.346 e. The standard InChI is InChI=1S/C38H25F8N5O2S/c1-17(52)23-12-20(7-8-27(23)41)24-15-29-35(49-36(54-29)19-5-3-2-4-6-19)48-32(24)28(11-18-9-21(39)13-22(40)10-18)47-30(53)16-51-34-31(33(50-51)38(44,45)46)25-14-26(25)37(34,42)43/h2-10,12-13,15,25-26,28H,11,14,16H2,1H3,(H,47,53)/t25-,26+,28?/m0/s1. The van der Waals surface area contributed by atoms with Crippen LogP contribution in [-0.2, 0) is 29.9 Å². The summed E-state index contributed by atoms with van der Waals surface area (Å²) in [4.78, 5) is 35.6. The third-order valence-electron chi connectivity index (χ3n) is 9.61. The molecular formula is C38H25F8N5O2S. The van der Waals surface area contributed by atoms with Gasteiger partial charge < -0.3 is 5.32 Å². The van der Waals surface area contributed by atoms with Crippen LogP contribution in [0.4, 0.5) is 35.1 Å². The van der Waals surface area contributed by atoms with Crippen LogP contribution in [0.25, 0.3) is 32.0 Å². The van der Waals surface area contributed by atoms with Crippen molar-refractivity contribution in [2.45, 2.75) is 50.4 Å². The second kappa shape index (κ2) is 12.8. The normalized spacial score (nSPS) is 17.6. The maximum Gasteiger partial charge on any atom is 0.435 e. The summed E-state index contributed by atoms with van der Waals surface area (Å²) in [5.74, 6) is -10.4. The molecule has 6 aromatic rings. The average Bonchev–Trinajstić information content (AvgIpc) is 3.55. The molecule has 3 aromatic carbocycles. The van der Waals surface area contributed by atoms with Crippen LogP contribution in [0.5, 0.6) is 0 Å². The summed E-state index contributed by atoms with van der Waals surface area (Å²) in [7, 11) is 0. The quantitative estimate of drug-likeness (QED) is 0.117. The Balaban J connectivity index is 1.26. The molecule has 16 heteroatoms. The maximum absolute atomic E-state index is 15.3. The first-order valence-corrected chi connectivity index (χ1v) is 17.4. The molecule has 1 N–H and O–H groups in total. The maximum atomic E-state index is 15.3. The zero-order valence-corrected chi connectivity index (χ0v) is 28.6. The minimum atomic E-state index is -5.06. The number of benzene rings is 3. The number of aromatic nitrogens is 4. The van der Waals surface area contributed by atoms with Gasteiger partial charge in [-0.3, -0.25) is 14.3 Å². The van der Waals surface area contributed by atoms with Crippen molar-refractivity contribution in [3.8, 4) is 21.7 Å². The van der Waals surface area contributed by atoms with Gasteiger partial charge in [0, 0.05) is 28.7 Å². The minimum absolute atomic E-state index is 0.0276. The second-order valence-electron chi connectivity index (χ2n) is 13.3. The highest BCUT2D eigenvalue weighted by Gasteiger charge is 2.68. The summed E-state index contributed by atoms with van der Waals surface area (Å²) >= 11 is 1.26. The molecule has 1 amide bonds. The first kappa shape index (κ1) is 35.5. The molecule has 1 saturated carbocycles. The van der Waals surface area contributed by atoms with Gasteiger partial charge in [0.1, 0.15) is 34.7 Å². The SMILES string of the molecule is CC(=O)c1cc(-c2cc3sc(-c4ccccc4)nc3nc2C(Cc2cc(F)cc(F)c2)NC(=O)Cn2nc(C(F)(F)F)c3c2C(F)(F)[C@@H]2C[C@H]32)ccc1F. The molecule has 0 bridgehead atoms. The number of nitrogens with one attached hydrogen (secondary N) is 1. The molecule has 3 heterocycles. The van der Waals surface area contributed by atoms with Crippen molar-refractivity contribution in [1.29, 1.82) is 0 Å². The highest BCUT2D eigenvalue weighted by molar-refractivity contribution is 7.21. The van der Waals surface area contributed by atoms with Gasteiger partial charge >= 0.3 is 6.18 Å². The molecule has 0 saturated heterocycles. The molecule has 3 aromatic heterocycles. The van der Waals surface area contributed by atoms with Gasteiger partial charge in [0.2, 0.25) is 5.91 Å². The highest BCUT2D eigenvalue weighted by atomic mass is 32.1. The molecule has 2 aliphatic carbocycles. The van der Waals surface area contributed by atoms with E-state index in [1.807, 2.05) is 30.3 Å². The Bertz CT molecular complexity index is 2480. The number of halogens is 8. The first-order chi connectivity index (χ1) is 25.6. The van der Waals surface area contributed by atoms with Crippen molar-refractivity contribution >= 4 is 33.4 Å². The summed E-state index contributed by atoms with van der Waals surface area (Å²) in [5, 5.41) is 6.62. The van der Waals surface area contributed by atoms with Gasteiger partial charge in [-0.1, -0.05) is 36.4 Å². The van der Waals surface area contributed by atoms with Crippen LogP contribution in [0.15, 0.2) is 72.8 Å². The van der Waals surface area contributed by atoms with E-state index < -0.39 is 82.6 Å². The Morgan fingerprint density at radius 3 is 2.37 bits per heavy atom. The van der Waals surface area contributed by atoms with E-state index in [-0.39, 0.29) is 46.4 Å². The van der Waals surface area contributed by atoms with E-state index in [1.54, 1.807) is 6.07 Å².